The van der Waals surface area contributed by atoms with Crippen molar-refractivity contribution in [2.45, 2.75) is 12.5 Å². The molecule has 0 bridgehead atoms. The van der Waals surface area contributed by atoms with Gasteiger partial charge in [-0.05, 0) is 18.2 Å². The van der Waals surface area contributed by atoms with E-state index in [0.29, 0.717) is 50.2 Å². The van der Waals surface area contributed by atoms with Gasteiger partial charge in [-0.1, -0.05) is 35.3 Å². The third-order valence-corrected chi connectivity index (χ3v) is 6.28. The molecule has 0 amide bonds. The minimum atomic E-state index is -0.462. The topological polar surface area (TPSA) is 90.6 Å². The van der Waals surface area contributed by atoms with Gasteiger partial charge in [-0.2, -0.15) is 4.98 Å². The molecule has 0 fully saturated rings. The van der Waals surface area contributed by atoms with Crippen LogP contribution in [0.4, 0.5) is 4.39 Å². The van der Waals surface area contributed by atoms with E-state index in [9.17, 15) is 9.18 Å². The quantitative estimate of drug-likeness (QED) is 0.415. The molecule has 1 aliphatic rings. The van der Waals surface area contributed by atoms with E-state index in [-0.39, 0.29) is 18.0 Å². The highest BCUT2D eigenvalue weighted by molar-refractivity contribution is 6.42. The van der Waals surface area contributed by atoms with Crippen LogP contribution >= 0.6 is 23.2 Å². The molecule has 6 rings (SSSR count). The van der Waals surface area contributed by atoms with Gasteiger partial charge in [0.1, 0.15) is 11.8 Å². The van der Waals surface area contributed by atoms with Gasteiger partial charge in [-0.25, -0.2) is 19.2 Å². The Kier molecular flexibility index (Phi) is 4.24. The molecule has 0 spiro atoms. The fourth-order valence-electron chi connectivity index (χ4n) is 4.11. The van der Waals surface area contributed by atoms with Crippen molar-refractivity contribution in [2.75, 3.05) is 6.61 Å². The summed E-state index contributed by atoms with van der Waals surface area (Å²) in [5.41, 5.74) is 2.38. The van der Waals surface area contributed by atoms with E-state index < -0.39 is 11.9 Å². The Labute approximate surface area is 189 Å². The Morgan fingerprint density at radius 1 is 1.19 bits per heavy atom. The number of aromatic nitrogens is 6. The molecule has 0 unspecified atom stereocenters. The largest absolute Gasteiger partial charge is 0.490 e. The van der Waals surface area contributed by atoms with E-state index in [1.54, 1.807) is 35.2 Å². The van der Waals surface area contributed by atoms with Crippen LogP contribution in [0.3, 0.4) is 0 Å². The van der Waals surface area contributed by atoms with Gasteiger partial charge in [0.05, 0.1) is 39.9 Å². The second-order valence-corrected chi connectivity index (χ2v) is 8.20. The summed E-state index contributed by atoms with van der Waals surface area (Å²) in [4.78, 5) is 29.0. The first-order chi connectivity index (χ1) is 15.5. The lowest BCUT2D eigenvalue weighted by Crippen LogP contribution is -2.28. The van der Waals surface area contributed by atoms with Gasteiger partial charge in [0, 0.05) is 12.0 Å². The first-order valence-corrected chi connectivity index (χ1v) is 10.5. The summed E-state index contributed by atoms with van der Waals surface area (Å²) in [5, 5.41) is 0.770. The summed E-state index contributed by atoms with van der Waals surface area (Å²) >= 11 is 12.3. The van der Waals surface area contributed by atoms with E-state index in [1.807, 2.05) is 0 Å². The van der Waals surface area contributed by atoms with E-state index in [1.165, 1.54) is 16.8 Å². The number of fused-ring (bicyclic) bond motifs is 3. The number of para-hydroxylation sites is 1. The van der Waals surface area contributed by atoms with Crippen LogP contribution in [0.1, 0.15) is 18.0 Å². The zero-order valence-corrected chi connectivity index (χ0v) is 17.7. The van der Waals surface area contributed by atoms with Crippen molar-refractivity contribution in [3.63, 3.8) is 0 Å². The lowest BCUT2D eigenvalue weighted by atomic mass is 10.00. The SMILES string of the molecule is O=c1[nH]c2cnc(-n3cnc4cc(Cl)c(Cl)cc43)nc2n1[C@@H]1CCOc2c(F)cccc21. The summed E-state index contributed by atoms with van der Waals surface area (Å²) in [6.07, 6.45) is 3.59. The molecule has 3 aromatic heterocycles. The van der Waals surface area contributed by atoms with Crippen LogP contribution in [-0.2, 0) is 0 Å². The number of rotatable bonds is 2. The average molecular weight is 471 g/mol. The van der Waals surface area contributed by atoms with E-state index in [0.717, 1.165) is 0 Å². The number of hydrogen-bond acceptors (Lipinski definition) is 5. The van der Waals surface area contributed by atoms with Crippen molar-refractivity contribution >= 4 is 45.4 Å². The number of aromatic amines is 1. The minimum absolute atomic E-state index is 0.159. The number of benzene rings is 2. The smallest absolute Gasteiger partial charge is 0.328 e. The van der Waals surface area contributed by atoms with Crippen molar-refractivity contribution in [2.24, 2.45) is 0 Å². The molecular formula is C21H13Cl2FN6O2. The van der Waals surface area contributed by atoms with Crippen LogP contribution in [0, 0.1) is 5.82 Å². The van der Waals surface area contributed by atoms with Crippen LogP contribution < -0.4 is 10.4 Å². The number of ether oxygens (including phenoxy) is 1. The molecular weight excluding hydrogens is 458 g/mol. The second-order valence-electron chi connectivity index (χ2n) is 7.39. The fourth-order valence-corrected chi connectivity index (χ4v) is 4.43. The molecule has 0 aliphatic carbocycles. The van der Waals surface area contributed by atoms with Crippen molar-refractivity contribution in [1.82, 2.24) is 29.1 Å². The number of hydrogen-bond donors (Lipinski definition) is 1. The first-order valence-electron chi connectivity index (χ1n) is 9.72. The highest BCUT2D eigenvalue weighted by Gasteiger charge is 2.28. The Bertz CT molecular complexity index is 1590. The molecule has 4 heterocycles. The van der Waals surface area contributed by atoms with E-state index in [4.69, 9.17) is 27.9 Å². The van der Waals surface area contributed by atoms with Gasteiger partial charge in [0.15, 0.2) is 17.2 Å². The van der Waals surface area contributed by atoms with Crippen LogP contribution in [-0.4, -0.2) is 35.7 Å². The van der Waals surface area contributed by atoms with Crippen molar-refractivity contribution in [3.05, 3.63) is 74.8 Å². The lowest BCUT2D eigenvalue weighted by molar-refractivity contribution is 0.244. The number of imidazole rings is 2. The predicted molar refractivity (Wildman–Crippen MR) is 117 cm³/mol. The van der Waals surface area contributed by atoms with Crippen LogP contribution in [0.2, 0.25) is 10.0 Å². The Hall–Kier alpha value is -3.43. The van der Waals surface area contributed by atoms with Crippen LogP contribution in [0.25, 0.3) is 28.1 Å². The molecule has 0 saturated carbocycles. The Balaban J connectivity index is 1.55. The standard InChI is InChI=1S/C21H13Cl2FN6O2/c22-11-6-14-17(7-12(11)23)29(9-26-14)20-25-8-15-19(28-20)30(21(31)27-15)16-4-5-32-18-10(16)2-1-3-13(18)24/h1-3,6-9,16H,4-5H2,(H,27,31)/t16-/m1/s1. The summed E-state index contributed by atoms with van der Waals surface area (Å²) in [5.74, 6) is -0.0000945. The molecule has 0 radical (unpaired) electrons. The third kappa shape index (κ3) is 2.81. The third-order valence-electron chi connectivity index (χ3n) is 5.56. The Morgan fingerprint density at radius 3 is 2.91 bits per heavy atom. The van der Waals surface area contributed by atoms with Gasteiger partial charge in [-0.3, -0.25) is 9.13 Å². The van der Waals surface area contributed by atoms with E-state index in [2.05, 4.69) is 19.9 Å². The minimum Gasteiger partial charge on any atom is -0.490 e. The van der Waals surface area contributed by atoms with Crippen molar-refractivity contribution in [3.8, 4) is 11.7 Å². The van der Waals surface area contributed by atoms with Gasteiger partial charge < -0.3 is 9.72 Å². The van der Waals surface area contributed by atoms with Crippen LogP contribution in [0.5, 0.6) is 5.75 Å². The van der Waals surface area contributed by atoms with Gasteiger partial charge in [0.2, 0.25) is 5.95 Å². The fraction of sp³-hybridized carbons (Fsp3) is 0.143. The molecule has 8 nitrogen and oxygen atoms in total. The molecule has 5 aromatic rings. The zero-order valence-electron chi connectivity index (χ0n) is 16.2. The molecule has 0 saturated heterocycles. The first kappa shape index (κ1) is 19.3. The van der Waals surface area contributed by atoms with Gasteiger partial charge >= 0.3 is 5.69 Å². The average Bonchev–Trinajstić information content (AvgIpc) is 3.33. The van der Waals surface area contributed by atoms with Crippen molar-refractivity contribution < 1.29 is 9.13 Å². The molecule has 1 atom stereocenters. The van der Waals surface area contributed by atoms with Gasteiger partial charge in [-0.15, -0.1) is 0 Å². The number of halogens is 3. The summed E-state index contributed by atoms with van der Waals surface area (Å²) in [6.45, 7) is 0.279. The molecule has 1 aliphatic heterocycles. The molecule has 2 aromatic carbocycles. The molecule has 1 N–H and O–H groups in total. The normalized spacial score (nSPS) is 15.8. The van der Waals surface area contributed by atoms with Gasteiger partial charge in [0.25, 0.3) is 0 Å². The molecule has 32 heavy (non-hydrogen) atoms. The maximum atomic E-state index is 14.3. The summed E-state index contributed by atoms with van der Waals surface area (Å²) in [7, 11) is 0. The summed E-state index contributed by atoms with van der Waals surface area (Å²) < 4.78 is 23.0. The molecule has 11 heteroatoms. The summed E-state index contributed by atoms with van der Waals surface area (Å²) in [6, 6.07) is 7.59. The number of nitrogens with zero attached hydrogens (tertiary/aromatic N) is 5. The number of H-pyrrole nitrogens is 1. The monoisotopic (exact) mass is 470 g/mol. The van der Waals surface area contributed by atoms with E-state index >= 15 is 0 Å². The van der Waals surface area contributed by atoms with Crippen LogP contribution in [0.15, 0.2) is 47.7 Å². The lowest BCUT2D eigenvalue weighted by Gasteiger charge is -2.26. The predicted octanol–water partition coefficient (Wildman–Crippen LogP) is 4.28. The van der Waals surface area contributed by atoms with Crippen molar-refractivity contribution in [1.29, 1.82) is 0 Å². The highest BCUT2D eigenvalue weighted by atomic mass is 35.5. The zero-order chi connectivity index (χ0) is 22.0. The second kappa shape index (κ2) is 7.04. The maximum absolute atomic E-state index is 14.3. The number of nitrogens with one attached hydrogen (secondary N) is 1. The highest BCUT2D eigenvalue weighted by Crippen LogP contribution is 2.37. The maximum Gasteiger partial charge on any atom is 0.328 e. The molecule has 160 valence electrons. The Morgan fingerprint density at radius 2 is 2.03 bits per heavy atom.